The van der Waals surface area contributed by atoms with Crippen molar-refractivity contribution >= 4 is 11.0 Å². The molecule has 132 valence electrons. The molecule has 1 aliphatic rings. The average molecular weight is 346 g/mol. The molecule has 0 unspecified atom stereocenters. The molecule has 1 N–H and O–H groups in total. The van der Waals surface area contributed by atoms with Gasteiger partial charge in [0.25, 0.3) is 0 Å². The lowest BCUT2D eigenvalue weighted by Gasteiger charge is -2.35. The molecule has 0 atom stereocenters. The van der Waals surface area contributed by atoms with Crippen molar-refractivity contribution in [3.05, 3.63) is 63.8 Å². The molecule has 2 aromatic heterocycles. The molecule has 1 aliphatic carbocycles. The van der Waals surface area contributed by atoms with E-state index in [1.807, 2.05) is 30.5 Å². The molecule has 0 radical (unpaired) electrons. The van der Waals surface area contributed by atoms with Crippen molar-refractivity contribution in [2.45, 2.75) is 45.6 Å². The number of fused-ring (bicyclic) bond motifs is 1. The van der Waals surface area contributed by atoms with E-state index in [2.05, 4.69) is 29.0 Å². The van der Waals surface area contributed by atoms with E-state index in [4.69, 9.17) is 0 Å². The third kappa shape index (κ3) is 2.82. The third-order valence-electron chi connectivity index (χ3n) is 5.57. The van der Waals surface area contributed by atoms with Gasteiger partial charge in [-0.1, -0.05) is 31.5 Å². The minimum atomic E-state index is -0.216. The lowest BCUT2D eigenvalue weighted by atomic mass is 9.67. The second kappa shape index (κ2) is 6.45. The van der Waals surface area contributed by atoms with Gasteiger partial charge in [-0.2, -0.15) is 5.26 Å². The Hall–Kier alpha value is -2.87. The minimum Gasteiger partial charge on any atom is -0.306 e. The molecule has 5 heteroatoms. The number of aromatic nitrogens is 3. The molecule has 4 rings (SSSR count). The van der Waals surface area contributed by atoms with E-state index < -0.39 is 0 Å². The summed E-state index contributed by atoms with van der Waals surface area (Å²) in [6.07, 6.45) is 6.55. The first-order chi connectivity index (χ1) is 12.6. The Labute approximate surface area is 152 Å². The van der Waals surface area contributed by atoms with Gasteiger partial charge in [-0.15, -0.1) is 0 Å². The highest BCUT2D eigenvalue weighted by atomic mass is 16.1. The van der Waals surface area contributed by atoms with Crippen LogP contribution >= 0.6 is 0 Å². The van der Waals surface area contributed by atoms with Crippen LogP contribution in [0.4, 0.5) is 0 Å². The van der Waals surface area contributed by atoms with Crippen LogP contribution in [0.5, 0.6) is 0 Å². The van der Waals surface area contributed by atoms with Crippen LogP contribution in [-0.2, 0) is 19.4 Å². The van der Waals surface area contributed by atoms with E-state index >= 15 is 0 Å². The van der Waals surface area contributed by atoms with E-state index in [-0.39, 0.29) is 11.1 Å². The first-order valence-electron chi connectivity index (χ1n) is 9.19. The lowest BCUT2D eigenvalue weighted by molar-refractivity contribution is 0.211. The van der Waals surface area contributed by atoms with Gasteiger partial charge in [-0.25, -0.2) is 4.79 Å². The Bertz CT molecular complexity index is 1050. The fourth-order valence-corrected chi connectivity index (χ4v) is 3.84. The number of imidazole rings is 1. The van der Waals surface area contributed by atoms with Crippen molar-refractivity contribution in [3.63, 3.8) is 0 Å². The fraction of sp³-hybridized carbons (Fsp3) is 0.381. The molecule has 1 aromatic carbocycles. The Balaban J connectivity index is 1.65. The van der Waals surface area contributed by atoms with Crippen molar-refractivity contribution in [2.24, 2.45) is 5.41 Å². The molecule has 0 saturated heterocycles. The van der Waals surface area contributed by atoms with Gasteiger partial charge >= 0.3 is 5.69 Å². The zero-order valence-corrected chi connectivity index (χ0v) is 15.0. The van der Waals surface area contributed by atoms with E-state index in [0.29, 0.717) is 6.54 Å². The number of benzene rings is 1. The largest absolute Gasteiger partial charge is 0.326 e. The van der Waals surface area contributed by atoms with Gasteiger partial charge in [0.2, 0.25) is 0 Å². The van der Waals surface area contributed by atoms with Crippen molar-refractivity contribution in [1.29, 1.82) is 5.26 Å². The standard InChI is InChI=1S/C21H22N4O/c1-2-16-10-15(12-23-18(16)11-21(14-22)8-5-9-21)13-25-19-7-4-3-6-17(19)24-20(25)26/h3-4,6-7,10,12H,2,5,8-9,11,13H2,1H3,(H,24,26). The maximum Gasteiger partial charge on any atom is 0.326 e. The molecule has 0 bridgehead atoms. The van der Waals surface area contributed by atoms with Gasteiger partial charge in [0.15, 0.2) is 0 Å². The molecule has 0 spiro atoms. The SMILES string of the molecule is CCc1cc(Cn2c(=O)[nH]c3ccccc32)cnc1CC1(C#N)CCC1. The van der Waals surface area contributed by atoms with Gasteiger partial charge in [-0.05, 0) is 42.5 Å². The van der Waals surface area contributed by atoms with Crippen LogP contribution in [0.1, 0.15) is 43.0 Å². The summed E-state index contributed by atoms with van der Waals surface area (Å²) in [5.41, 5.74) is 4.65. The van der Waals surface area contributed by atoms with Crippen molar-refractivity contribution in [1.82, 2.24) is 14.5 Å². The summed E-state index contributed by atoms with van der Waals surface area (Å²) in [6, 6.07) is 12.4. The van der Waals surface area contributed by atoms with Crippen molar-refractivity contribution in [2.75, 3.05) is 0 Å². The number of H-pyrrole nitrogens is 1. The number of aryl methyl sites for hydroxylation is 1. The van der Waals surface area contributed by atoms with E-state index in [1.54, 1.807) is 4.57 Å². The highest BCUT2D eigenvalue weighted by Crippen LogP contribution is 2.43. The summed E-state index contributed by atoms with van der Waals surface area (Å²) in [5.74, 6) is 0. The van der Waals surface area contributed by atoms with Crippen LogP contribution in [0.3, 0.4) is 0 Å². The van der Waals surface area contributed by atoms with Gasteiger partial charge < -0.3 is 4.98 Å². The van der Waals surface area contributed by atoms with Crippen molar-refractivity contribution < 1.29 is 0 Å². The van der Waals surface area contributed by atoms with Crippen LogP contribution < -0.4 is 5.69 Å². The summed E-state index contributed by atoms with van der Waals surface area (Å²) in [4.78, 5) is 19.9. The minimum absolute atomic E-state index is 0.105. The Morgan fingerprint density at radius 3 is 2.85 bits per heavy atom. The van der Waals surface area contributed by atoms with Crippen LogP contribution in [0.25, 0.3) is 11.0 Å². The number of rotatable bonds is 5. The summed E-state index contributed by atoms with van der Waals surface area (Å²) in [7, 11) is 0. The van der Waals surface area contributed by atoms with E-state index in [9.17, 15) is 10.1 Å². The summed E-state index contributed by atoms with van der Waals surface area (Å²) >= 11 is 0. The van der Waals surface area contributed by atoms with Crippen LogP contribution in [-0.4, -0.2) is 14.5 Å². The van der Waals surface area contributed by atoms with Gasteiger partial charge in [0.05, 0.1) is 29.1 Å². The molecular formula is C21H22N4O. The van der Waals surface area contributed by atoms with E-state index in [0.717, 1.165) is 54.4 Å². The number of hydrogen-bond donors (Lipinski definition) is 1. The number of hydrogen-bond acceptors (Lipinski definition) is 3. The quantitative estimate of drug-likeness (QED) is 0.767. The molecule has 0 aliphatic heterocycles. The average Bonchev–Trinajstić information content (AvgIpc) is 2.94. The predicted octanol–water partition coefficient (Wildman–Crippen LogP) is 3.57. The number of para-hydroxylation sites is 2. The second-order valence-electron chi connectivity index (χ2n) is 7.26. The van der Waals surface area contributed by atoms with Gasteiger partial charge in [-0.3, -0.25) is 9.55 Å². The number of pyridine rings is 1. The number of nitrogens with zero attached hydrogens (tertiary/aromatic N) is 3. The normalized spacial score (nSPS) is 15.5. The molecule has 2 heterocycles. The predicted molar refractivity (Wildman–Crippen MR) is 101 cm³/mol. The topological polar surface area (TPSA) is 74.5 Å². The first kappa shape index (κ1) is 16.6. The first-order valence-corrected chi connectivity index (χ1v) is 9.19. The summed E-state index contributed by atoms with van der Waals surface area (Å²) < 4.78 is 1.74. The zero-order chi connectivity index (χ0) is 18.1. The van der Waals surface area contributed by atoms with Gasteiger partial charge in [0, 0.05) is 18.3 Å². The molecular weight excluding hydrogens is 324 g/mol. The van der Waals surface area contributed by atoms with Gasteiger partial charge in [0.1, 0.15) is 0 Å². The Morgan fingerprint density at radius 1 is 1.35 bits per heavy atom. The molecule has 26 heavy (non-hydrogen) atoms. The fourth-order valence-electron chi connectivity index (χ4n) is 3.84. The van der Waals surface area contributed by atoms with Crippen LogP contribution in [0.15, 0.2) is 41.3 Å². The maximum atomic E-state index is 12.3. The van der Waals surface area contributed by atoms with Crippen molar-refractivity contribution in [3.8, 4) is 6.07 Å². The van der Waals surface area contributed by atoms with Crippen LogP contribution in [0, 0.1) is 16.7 Å². The number of aromatic amines is 1. The van der Waals surface area contributed by atoms with E-state index in [1.165, 1.54) is 5.56 Å². The molecule has 5 nitrogen and oxygen atoms in total. The highest BCUT2D eigenvalue weighted by Gasteiger charge is 2.38. The zero-order valence-electron chi connectivity index (χ0n) is 15.0. The molecule has 1 fully saturated rings. The molecule has 3 aromatic rings. The Morgan fingerprint density at radius 2 is 2.15 bits per heavy atom. The summed E-state index contributed by atoms with van der Waals surface area (Å²) in [6.45, 7) is 2.61. The number of nitrogens with one attached hydrogen (secondary N) is 1. The smallest absolute Gasteiger partial charge is 0.306 e. The Kier molecular flexibility index (Phi) is 4.12. The van der Waals surface area contributed by atoms with Crippen LogP contribution in [0.2, 0.25) is 0 Å². The summed E-state index contributed by atoms with van der Waals surface area (Å²) in [5, 5.41) is 9.50. The number of nitriles is 1. The third-order valence-corrected chi connectivity index (χ3v) is 5.57. The lowest BCUT2D eigenvalue weighted by Crippen LogP contribution is -2.30. The molecule has 1 saturated carbocycles. The monoisotopic (exact) mass is 346 g/mol. The maximum absolute atomic E-state index is 12.3. The highest BCUT2D eigenvalue weighted by molar-refractivity contribution is 5.75. The molecule has 0 amide bonds. The second-order valence-corrected chi connectivity index (χ2v) is 7.26.